The number of anilines is 2. The number of nitrogen functional groups attached to an aromatic ring is 1. The molecule has 0 radical (unpaired) electrons. The van der Waals surface area contributed by atoms with Crippen LogP contribution < -0.4 is 15.4 Å². The molecule has 0 atom stereocenters. The van der Waals surface area contributed by atoms with Gasteiger partial charge in [-0.2, -0.15) is 4.37 Å². The van der Waals surface area contributed by atoms with Gasteiger partial charge in [-0.25, -0.2) is 0 Å². The van der Waals surface area contributed by atoms with Crippen LogP contribution in [-0.2, 0) is 4.74 Å². The van der Waals surface area contributed by atoms with E-state index in [1.165, 1.54) is 11.5 Å². The molecule has 0 aliphatic carbocycles. The van der Waals surface area contributed by atoms with Crippen LogP contribution in [-0.4, -0.2) is 37.8 Å². The van der Waals surface area contributed by atoms with Crippen molar-refractivity contribution >= 4 is 22.4 Å². The average Bonchev–Trinajstić information content (AvgIpc) is 2.61. The van der Waals surface area contributed by atoms with E-state index in [0.29, 0.717) is 11.6 Å². The second-order valence-corrected chi connectivity index (χ2v) is 3.76. The zero-order chi connectivity index (χ0) is 9.97. The van der Waals surface area contributed by atoms with Crippen LogP contribution in [0, 0.1) is 0 Å². The molecule has 0 saturated carbocycles. The van der Waals surface area contributed by atoms with Crippen LogP contribution >= 0.6 is 11.5 Å². The average molecular weight is 215 g/mol. The van der Waals surface area contributed by atoms with E-state index in [2.05, 4.69) is 9.27 Å². The number of hydrogen-bond acceptors (Lipinski definition) is 6. The number of ether oxygens (including phenoxy) is 2. The number of methoxy groups -OCH3 is 1. The monoisotopic (exact) mass is 215 g/mol. The molecular weight excluding hydrogens is 202 g/mol. The Morgan fingerprint density at radius 2 is 2.21 bits per heavy atom. The van der Waals surface area contributed by atoms with Crippen molar-refractivity contribution in [1.82, 2.24) is 4.37 Å². The molecule has 6 heteroatoms. The number of aromatic nitrogens is 1. The Hall–Kier alpha value is -1.01. The third-order valence-corrected chi connectivity index (χ3v) is 3.06. The van der Waals surface area contributed by atoms with E-state index in [1.54, 1.807) is 7.11 Å². The summed E-state index contributed by atoms with van der Waals surface area (Å²) in [6.45, 7) is 3.25. The van der Waals surface area contributed by atoms with Crippen LogP contribution in [0.3, 0.4) is 0 Å². The topological polar surface area (TPSA) is 60.6 Å². The molecule has 2 N–H and O–H groups in total. The number of morpholine rings is 1. The highest BCUT2D eigenvalue weighted by Crippen LogP contribution is 2.37. The minimum atomic E-state index is 0.471. The molecule has 14 heavy (non-hydrogen) atoms. The van der Waals surface area contributed by atoms with Gasteiger partial charge in [-0.3, -0.25) is 0 Å². The highest BCUT2D eigenvalue weighted by atomic mass is 32.1. The molecule has 1 aliphatic rings. The van der Waals surface area contributed by atoms with Gasteiger partial charge in [-0.05, 0) is 11.5 Å². The summed E-state index contributed by atoms with van der Waals surface area (Å²) in [6, 6.07) is 0. The van der Waals surface area contributed by atoms with Gasteiger partial charge in [0.15, 0.2) is 16.6 Å². The maximum absolute atomic E-state index is 5.67. The van der Waals surface area contributed by atoms with Crippen molar-refractivity contribution in [1.29, 1.82) is 0 Å². The lowest BCUT2D eigenvalue weighted by Crippen LogP contribution is -2.35. The lowest BCUT2D eigenvalue weighted by molar-refractivity contribution is 0.123. The Balaban J connectivity index is 2.21. The second kappa shape index (κ2) is 4.02. The summed E-state index contributed by atoms with van der Waals surface area (Å²) in [7, 11) is 1.62. The molecule has 1 saturated heterocycles. The molecule has 0 spiro atoms. The predicted octanol–water partition coefficient (Wildman–Crippen LogP) is 0.571. The summed E-state index contributed by atoms with van der Waals surface area (Å²) >= 11 is 1.38. The fourth-order valence-electron chi connectivity index (χ4n) is 1.44. The largest absolute Gasteiger partial charge is 0.490 e. The molecule has 1 aromatic heterocycles. The van der Waals surface area contributed by atoms with Crippen molar-refractivity contribution in [3.8, 4) is 5.75 Å². The van der Waals surface area contributed by atoms with E-state index in [1.807, 2.05) is 0 Å². The van der Waals surface area contributed by atoms with E-state index in [-0.39, 0.29) is 0 Å². The van der Waals surface area contributed by atoms with Crippen LogP contribution in [0.5, 0.6) is 5.75 Å². The predicted molar refractivity (Wildman–Crippen MR) is 56.1 cm³/mol. The molecule has 2 rings (SSSR count). The molecular formula is C8H13N3O2S. The highest BCUT2D eigenvalue weighted by molar-refractivity contribution is 7.11. The Morgan fingerprint density at radius 1 is 1.50 bits per heavy atom. The summed E-state index contributed by atoms with van der Waals surface area (Å²) < 4.78 is 14.6. The lowest BCUT2D eigenvalue weighted by Gasteiger charge is -2.27. The first-order valence-electron chi connectivity index (χ1n) is 4.44. The smallest absolute Gasteiger partial charge is 0.197 e. The van der Waals surface area contributed by atoms with Gasteiger partial charge in [0, 0.05) is 13.1 Å². The van der Waals surface area contributed by atoms with Crippen LogP contribution in [0.2, 0.25) is 0 Å². The van der Waals surface area contributed by atoms with Crippen molar-refractivity contribution in [3.05, 3.63) is 0 Å². The molecule has 5 nitrogen and oxygen atoms in total. The first-order chi connectivity index (χ1) is 6.83. The minimum absolute atomic E-state index is 0.471. The maximum Gasteiger partial charge on any atom is 0.197 e. The standard InChI is InChI=1S/C8H13N3O2S/c1-12-6-7(9)10-14-8(6)11-2-4-13-5-3-11/h2-5H2,1H3,(H2,9,10). The van der Waals surface area contributed by atoms with Crippen LogP contribution in [0.1, 0.15) is 0 Å². The van der Waals surface area contributed by atoms with Gasteiger partial charge in [0.25, 0.3) is 0 Å². The maximum atomic E-state index is 5.67. The van der Waals surface area contributed by atoms with Crippen molar-refractivity contribution < 1.29 is 9.47 Å². The first kappa shape index (κ1) is 9.54. The Labute approximate surface area is 86.6 Å². The van der Waals surface area contributed by atoms with Gasteiger partial charge in [0.05, 0.1) is 20.3 Å². The van der Waals surface area contributed by atoms with Gasteiger partial charge in [0.1, 0.15) is 0 Å². The Morgan fingerprint density at radius 3 is 2.86 bits per heavy atom. The summed E-state index contributed by atoms with van der Waals surface area (Å²) in [5, 5.41) is 1.01. The van der Waals surface area contributed by atoms with E-state index in [4.69, 9.17) is 15.2 Å². The van der Waals surface area contributed by atoms with Crippen molar-refractivity contribution in [2.45, 2.75) is 0 Å². The zero-order valence-electron chi connectivity index (χ0n) is 8.02. The van der Waals surface area contributed by atoms with Crippen molar-refractivity contribution in [2.24, 2.45) is 0 Å². The molecule has 1 aromatic rings. The molecule has 2 heterocycles. The summed E-state index contributed by atoms with van der Waals surface area (Å²) in [5.74, 6) is 1.16. The molecule has 1 fully saturated rings. The summed E-state index contributed by atoms with van der Waals surface area (Å²) in [6.07, 6.45) is 0. The highest BCUT2D eigenvalue weighted by Gasteiger charge is 2.20. The van der Waals surface area contributed by atoms with Gasteiger partial charge in [-0.1, -0.05) is 0 Å². The first-order valence-corrected chi connectivity index (χ1v) is 5.22. The second-order valence-electron chi connectivity index (χ2n) is 3.01. The quantitative estimate of drug-likeness (QED) is 0.781. The molecule has 0 amide bonds. The third kappa shape index (κ3) is 1.62. The minimum Gasteiger partial charge on any atom is -0.490 e. The molecule has 0 unspecified atom stereocenters. The number of nitrogens with zero attached hydrogens (tertiary/aromatic N) is 2. The molecule has 0 bridgehead atoms. The fourth-order valence-corrected chi connectivity index (χ4v) is 2.28. The van der Waals surface area contributed by atoms with Crippen molar-refractivity contribution in [3.63, 3.8) is 0 Å². The van der Waals surface area contributed by atoms with E-state index < -0.39 is 0 Å². The number of hydrogen-bond donors (Lipinski definition) is 1. The normalized spacial score (nSPS) is 17.1. The lowest BCUT2D eigenvalue weighted by atomic mass is 10.4. The van der Waals surface area contributed by atoms with Crippen LogP contribution in [0.4, 0.5) is 10.8 Å². The summed E-state index contributed by atoms with van der Waals surface area (Å²) in [5.41, 5.74) is 5.67. The summed E-state index contributed by atoms with van der Waals surface area (Å²) in [4.78, 5) is 2.19. The van der Waals surface area contributed by atoms with Crippen molar-refractivity contribution in [2.75, 3.05) is 44.0 Å². The van der Waals surface area contributed by atoms with Gasteiger partial charge in [-0.15, -0.1) is 0 Å². The molecule has 0 aromatic carbocycles. The van der Waals surface area contributed by atoms with E-state index in [0.717, 1.165) is 31.3 Å². The third-order valence-electron chi connectivity index (χ3n) is 2.16. The Kier molecular flexibility index (Phi) is 2.74. The molecule has 1 aliphatic heterocycles. The van der Waals surface area contributed by atoms with E-state index in [9.17, 15) is 0 Å². The van der Waals surface area contributed by atoms with Crippen LogP contribution in [0.25, 0.3) is 0 Å². The zero-order valence-corrected chi connectivity index (χ0v) is 8.84. The molecule has 78 valence electrons. The Bertz CT molecular complexity index is 310. The van der Waals surface area contributed by atoms with E-state index >= 15 is 0 Å². The van der Waals surface area contributed by atoms with Gasteiger partial charge in [0.2, 0.25) is 0 Å². The fraction of sp³-hybridized carbons (Fsp3) is 0.625. The van der Waals surface area contributed by atoms with Gasteiger partial charge < -0.3 is 20.1 Å². The number of rotatable bonds is 2. The van der Waals surface area contributed by atoms with Gasteiger partial charge >= 0.3 is 0 Å². The van der Waals surface area contributed by atoms with Crippen LogP contribution in [0.15, 0.2) is 0 Å². The number of nitrogens with two attached hydrogens (primary N) is 1. The SMILES string of the molecule is COc1c(N)nsc1N1CCOCC1.